The van der Waals surface area contributed by atoms with E-state index in [2.05, 4.69) is 25.5 Å². The van der Waals surface area contributed by atoms with Gasteiger partial charge in [0.1, 0.15) is 5.69 Å². The number of benzene rings is 1. The molecule has 7 nitrogen and oxygen atoms in total. The molecule has 0 bridgehead atoms. The summed E-state index contributed by atoms with van der Waals surface area (Å²) in [4.78, 5) is 21.0. The fourth-order valence-corrected chi connectivity index (χ4v) is 3.62. The second kappa shape index (κ2) is 8.18. The van der Waals surface area contributed by atoms with E-state index in [1.54, 1.807) is 12.4 Å². The molecule has 4 rings (SSSR count). The molecule has 1 amide bonds. The summed E-state index contributed by atoms with van der Waals surface area (Å²) in [7, 11) is 0. The zero-order valence-corrected chi connectivity index (χ0v) is 16.1. The van der Waals surface area contributed by atoms with E-state index in [0.717, 1.165) is 22.3 Å². The van der Waals surface area contributed by atoms with Gasteiger partial charge in [0.05, 0.1) is 17.5 Å². The SMILES string of the molecule is CCn1c(SCC(=O)Nc2ccccc2)nnc1-c1cc2cccnc2cn1. The quantitative estimate of drug-likeness (QED) is 0.506. The number of aromatic nitrogens is 5. The molecule has 0 unspecified atom stereocenters. The van der Waals surface area contributed by atoms with Crippen molar-refractivity contribution in [2.75, 3.05) is 11.1 Å². The molecule has 0 atom stereocenters. The van der Waals surface area contributed by atoms with Crippen LogP contribution in [0.5, 0.6) is 0 Å². The van der Waals surface area contributed by atoms with Crippen LogP contribution < -0.4 is 5.32 Å². The van der Waals surface area contributed by atoms with Gasteiger partial charge in [0, 0.05) is 23.8 Å². The summed E-state index contributed by atoms with van der Waals surface area (Å²) in [5.74, 6) is 0.847. The summed E-state index contributed by atoms with van der Waals surface area (Å²) in [6.07, 6.45) is 3.48. The molecule has 3 heterocycles. The molecule has 0 aliphatic carbocycles. The van der Waals surface area contributed by atoms with Gasteiger partial charge in [0.2, 0.25) is 5.91 Å². The Morgan fingerprint density at radius 1 is 1.11 bits per heavy atom. The largest absolute Gasteiger partial charge is 0.325 e. The Balaban J connectivity index is 1.51. The predicted octanol–water partition coefficient (Wildman–Crippen LogP) is 3.64. The van der Waals surface area contributed by atoms with Crippen LogP contribution in [0.25, 0.3) is 22.4 Å². The summed E-state index contributed by atoms with van der Waals surface area (Å²) in [6, 6.07) is 15.2. The van der Waals surface area contributed by atoms with Crippen LogP contribution in [0.15, 0.2) is 66.1 Å². The lowest BCUT2D eigenvalue weighted by Gasteiger charge is -2.08. The fraction of sp³-hybridized carbons (Fsp3) is 0.150. The highest BCUT2D eigenvalue weighted by atomic mass is 32.2. The molecule has 28 heavy (non-hydrogen) atoms. The van der Waals surface area contributed by atoms with Crippen LogP contribution in [-0.2, 0) is 11.3 Å². The zero-order chi connectivity index (χ0) is 19.3. The first-order valence-corrected chi connectivity index (χ1v) is 9.85. The standard InChI is InChI=1S/C20H18N6OS/c1-2-26-19(16-11-14-7-6-10-21-17(14)12-22-16)24-25-20(26)28-13-18(27)23-15-8-4-3-5-9-15/h3-12H,2,13H2,1H3,(H,23,27). The van der Waals surface area contributed by atoms with Gasteiger partial charge < -0.3 is 9.88 Å². The van der Waals surface area contributed by atoms with Crippen LogP contribution in [0.1, 0.15) is 6.92 Å². The molecule has 0 saturated heterocycles. The molecule has 0 aliphatic heterocycles. The van der Waals surface area contributed by atoms with Crippen molar-refractivity contribution in [2.24, 2.45) is 0 Å². The number of carbonyl (C=O) groups excluding carboxylic acids is 1. The molecule has 0 radical (unpaired) electrons. The number of fused-ring (bicyclic) bond motifs is 1. The number of pyridine rings is 2. The van der Waals surface area contributed by atoms with E-state index in [1.807, 2.05) is 60.0 Å². The van der Waals surface area contributed by atoms with E-state index in [1.165, 1.54) is 11.8 Å². The number of hydrogen-bond donors (Lipinski definition) is 1. The van der Waals surface area contributed by atoms with Crippen molar-refractivity contribution in [3.8, 4) is 11.5 Å². The smallest absolute Gasteiger partial charge is 0.234 e. The van der Waals surface area contributed by atoms with E-state index >= 15 is 0 Å². The first-order valence-electron chi connectivity index (χ1n) is 8.86. The zero-order valence-electron chi connectivity index (χ0n) is 15.2. The van der Waals surface area contributed by atoms with E-state index in [-0.39, 0.29) is 11.7 Å². The Morgan fingerprint density at radius 3 is 2.79 bits per heavy atom. The summed E-state index contributed by atoms with van der Waals surface area (Å²) in [5.41, 5.74) is 2.34. The van der Waals surface area contributed by atoms with Crippen molar-refractivity contribution in [1.82, 2.24) is 24.7 Å². The van der Waals surface area contributed by atoms with Gasteiger partial charge in [-0.3, -0.25) is 14.8 Å². The van der Waals surface area contributed by atoms with Crippen molar-refractivity contribution >= 4 is 34.3 Å². The molecule has 8 heteroatoms. The molecule has 1 N–H and O–H groups in total. The number of hydrogen-bond acceptors (Lipinski definition) is 6. The average Bonchev–Trinajstić information content (AvgIpc) is 3.15. The lowest BCUT2D eigenvalue weighted by atomic mass is 10.2. The molecular formula is C20H18N6OS. The van der Waals surface area contributed by atoms with Crippen LogP contribution >= 0.6 is 11.8 Å². The summed E-state index contributed by atoms with van der Waals surface area (Å²) >= 11 is 1.36. The highest BCUT2D eigenvalue weighted by Crippen LogP contribution is 2.24. The second-order valence-electron chi connectivity index (χ2n) is 6.02. The number of nitrogens with zero attached hydrogens (tertiary/aromatic N) is 5. The predicted molar refractivity (Wildman–Crippen MR) is 110 cm³/mol. The minimum atomic E-state index is -0.0849. The van der Waals surface area contributed by atoms with Crippen LogP contribution in [0, 0.1) is 0 Å². The van der Waals surface area contributed by atoms with Gasteiger partial charge in [-0.2, -0.15) is 0 Å². The Bertz CT molecular complexity index is 1110. The van der Waals surface area contributed by atoms with E-state index in [9.17, 15) is 4.79 Å². The first kappa shape index (κ1) is 18.1. The highest BCUT2D eigenvalue weighted by Gasteiger charge is 2.16. The summed E-state index contributed by atoms with van der Waals surface area (Å²) < 4.78 is 1.96. The third-order valence-electron chi connectivity index (χ3n) is 4.14. The Labute approximate surface area is 166 Å². The second-order valence-corrected chi connectivity index (χ2v) is 6.96. The van der Waals surface area contributed by atoms with Crippen LogP contribution in [0.2, 0.25) is 0 Å². The molecular weight excluding hydrogens is 372 g/mol. The lowest BCUT2D eigenvalue weighted by molar-refractivity contribution is -0.113. The van der Waals surface area contributed by atoms with Crippen molar-refractivity contribution in [3.63, 3.8) is 0 Å². The number of nitrogens with one attached hydrogen (secondary N) is 1. The first-order chi connectivity index (χ1) is 13.7. The van der Waals surface area contributed by atoms with Gasteiger partial charge in [-0.15, -0.1) is 10.2 Å². The lowest BCUT2D eigenvalue weighted by Crippen LogP contribution is -2.14. The number of para-hydroxylation sites is 1. The molecule has 4 aromatic rings. The van der Waals surface area contributed by atoms with Gasteiger partial charge in [-0.25, -0.2) is 0 Å². The Hall–Kier alpha value is -3.26. The molecule has 0 saturated carbocycles. The maximum atomic E-state index is 12.2. The number of rotatable bonds is 6. The normalized spacial score (nSPS) is 10.9. The number of thioether (sulfide) groups is 1. The Kier molecular flexibility index (Phi) is 5.29. The van der Waals surface area contributed by atoms with Crippen molar-refractivity contribution < 1.29 is 4.79 Å². The van der Waals surface area contributed by atoms with Gasteiger partial charge in [-0.1, -0.05) is 36.0 Å². The topological polar surface area (TPSA) is 85.6 Å². The van der Waals surface area contributed by atoms with Gasteiger partial charge in [0.15, 0.2) is 11.0 Å². The maximum absolute atomic E-state index is 12.2. The third-order valence-corrected chi connectivity index (χ3v) is 5.11. The van der Waals surface area contributed by atoms with Crippen molar-refractivity contribution in [3.05, 3.63) is 60.9 Å². The molecule has 140 valence electrons. The number of anilines is 1. The highest BCUT2D eigenvalue weighted by molar-refractivity contribution is 7.99. The number of carbonyl (C=O) groups is 1. The maximum Gasteiger partial charge on any atom is 0.234 e. The van der Waals surface area contributed by atoms with E-state index in [4.69, 9.17) is 0 Å². The van der Waals surface area contributed by atoms with Crippen LogP contribution in [0.3, 0.4) is 0 Å². The Morgan fingerprint density at radius 2 is 1.96 bits per heavy atom. The average molecular weight is 390 g/mol. The molecule has 0 spiro atoms. The van der Waals surface area contributed by atoms with Crippen molar-refractivity contribution in [2.45, 2.75) is 18.6 Å². The van der Waals surface area contributed by atoms with E-state index < -0.39 is 0 Å². The monoisotopic (exact) mass is 390 g/mol. The van der Waals surface area contributed by atoms with Gasteiger partial charge in [0.25, 0.3) is 0 Å². The van der Waals surface area contributed by atoms with Gasteiger partial charge in [-0.05, 0) is 31.2 Å². The number of amides is 1. The summed E-state index contributed by atoms with van der Waals surface area (Å²) in [6.45, 7) is 2.70. The van der Waals surface area contributed by atoms with E-state index in [0.29, 0.717) is 17.5 Å². The molecule has 0 fully saturated rings. The molecule has 1 aromatic carbocycles. The minimum absolute atomic E-state index is 0.0849. The van der Waals surface area contributed by atoms with Crippen molar-refractivity contribution in [1.29, 1.82) is 0 Å². The molecule has 3 aromatic heterocycles. The van der Waals surface area contributed by atoms with Crippen LogP contribution in [0.4, 0.5) is 5.69 Å². The third kappa shape index (κ3) is 3.86. The summed E-state index contributed by atoms with van der Waals surface area (Å²) in [5, 5.41) is 13.1. The minimum Gasteiger partial charge on any atom is -0.325 e. The van der Waals surface area contributed by atoms with Gasteiger partial charge >= 0.3 is 0 Å². The molecule has 0 aliphatic rings. The van der Waals surface area contributed by atoms with Crippen LogP contribution in [-0.4, -0.2) is 36.4 Å². The fourth-order valence-electron chi connectivity index (χ4n) is 2.82.